The van der Waals surface area contributed by atoms with Crippen molar-refractivity contribution in [2.24, 2.45) is 4.99 Å². The molecule has 6 heteroatoms. The summed E-state index contributed by atoms with van der Waals surface area (Å²) < 4.78 is 13.8. The molecular weight excluding hydrogens is 341 g/mol. The van der Waals surface area contributed by atoms with Gasteiger partial charge in [-0.2, -0.15) is 0 Å². The Morgan fingerprint density at radius 3 is 2.63 bits per heavy atom. The van der Waals surface area contributed by atoms with E-state index in [1.807, 2.05) is 19.1 Å². The van der Waals surface area contributed by atoms with Crippen LogP contribution in [-0.2, 0) is 0 Å². The lowest BCUT2D eigenvalue weighted by atomic mass is 10.1. The van der Waals surface area contributed by atoms with E-state index in [0.717, 1.165) is 37.6 Å². The molecule has 1 unspecified atom stereocenters. The number of hydrogen-bond acceptors (Lipinski definition) is 3. The van der Waals surface area contributed by atoms with Gasteiger partial charge >= 0.3 is 0 Å². The van der Waals surface area contributed by atoms with Crippen LogP contribution >= 0.6 is 0 Å². The first-order chi connectivity index (χ1) is 13.0. The van der Waals surface area contributed by atoms with Crippen molar-refractivity contribution in [1.82, 2.24) is 20.4 Å². The number of benzene rings is 1. The van der Waals surface area contributed by atoms with Gasteiger partial charge < -0.3 is 20.4 Å². The van der Waals surface area contributed by atoms with Gasteiger partial charge in [0.2, 0.25) is 0 Å². The Kier molecular flexibility index (Phi) is 9.01. The lowest BCUT2D eigenvalue weighted by molar-refractivity contribution is 0.152. The molecule has 1 aromatic carbocycles. The summed E-state index contributed by atoms with van der Waals surface area (Å²) in [7, 11) is 2.19. The van der Waals surface area contributed by atoms with Gasteiger partial charge in [0.05, 0.1) is 6.04 Å². The van der Waals surface area contributed by atoms with E-state index < -0.39 is 0 Å². The molecule has 1 atom stereocenters. The maximum absolute atomic E-state index is 13.8. The Hall–Kier alpha value is -1.66. The number of rotatable bonds is 8. The van der Waals surface area contributed by atoms with Gasteiger partial charge in [-0.1, -0.05) is 12.1 Å². The van der Waals surface area contributed by atoms with Gasteiger partial charge in [-0.25, -0.2) is 4.39 Å². The van der Waals surface area contributed by atoms with Crippen molar-refractivity contribution in [1.29, 1.82) is 0 Å². The Labute approximate surface area is 164 Å². The summed E-state index contributed by atoms with van der Waals surface area (Å²) in [6.45, 7) is 13.3. The second kappa shape index (κ2) is 11.2. The number of unbranched alkanes of at least 4 members (excludes halogenated alkanes) is 1. The van der Waals surface area contributed by atoms with Crippen LogP contribution in [0, 0.1) is 12.7 Å². The molecule has 2 N–H and O–H groups in total. The van der Waals surface area contributed by atoms with Crippen LogP contribution < -0.4 is 10.6 Å². The lowest BCUT2D eigenvalue weighted by Gasteiger charge is -2.32. The van der Waals surface area contributed by atoms with Crippen LogP contribution in [0.1, 0.15) is 43.9 Å². The van der Waals surface area contributed by atoms with Gasteiger partial charge in [-0.3, -0.25) is 4.99 Å². The number of nitrogens with zero attached hydrogens (tertiary/aromatic N) is 3. The fourth-order valence-corrected chi connectivity index (χ4v) is 3.20. The predicted octanol–water partition coefficient (Wildman–Crippen LogP) is 2.78. The number of hydrogen-bond donors (Lipinski definition) is 2. The Morgan fingerprint density at radius 2 is 1.96 bits per heavy atom. The highest BCUT2D eigenvalue weighted by Crippen LogP contribution is 2.16. The smallest absolute Gasteiger partial charge is 0.191 e. The number of aliphatic imine (C=N–C) groups is 1. The van der Waals surface area contributed by atoms with Gasteiger partial charge in [-0.15, -0.1) is 0 Å². The zero-order chi connectivity index (χ0) is 19.6. The second-order valence-electron chi connectivity index (χ2n) is 7.49. The molecule has 0 aliphatic carbocycles. The first kappa shape index (κ1) is 21.6. The largest absolute Gasteiger partial charge is 0.357 e. The molecule has 1 aromatic rings. The average molecular weight is 378 g/mol. The van der Waals surface area contributed by atoms with Crippen molar-refractivity contribution in [2.75, 3.05) is 52.9 Å². The molecule has 0 saturated carbocycles. The molecule has 1 heterocycles. The van der Waals surface area contributed by atoms with Gasteiger partial charge in [0.1, 0.15) is 5.82 Å². The van der Waals surface area contributed by atoms with Crippen LogP contribution in [-0.4, -0.2) is 68.6 Å². The maximum atomic E-state index is 13.8. The number of likely N-dealkylation sites (N-methyl/N-ethyl adjacent to an activating group) is 1. The van der Waals surface area contributed by atoms with Crippen molar-refractivity contribution < 1.29 is 4.39 Å². The van der Waals surface area contributed by atoms with Crippen LogP contribution in [0.3, 0.4) is 0 Å². The molecule has 27 heavy (non-hydrogen) atoms. The van der Waals surface area contributed by atoms with E-state index in [1.165, 1.54) is 32.6 Å². The first-order valence-electron chi connectivity index (χ1n) is 10.2. The van der Waals surface area contributed by atoms with Crippen LogP contribution in [0.2, 0.25) is 0 Å². The van der Waals surface area contributed by atoms with Gasteiger partial charge in [0.25, 0.3) is 0 Å². The minimum absolute atomic E-state index is 0.00300. The molecule has 0 aromatic heterocycles. The van der Waals surface area contributed by atoms with Gasteiger partial charge in [0, 0.05) is 39.3 Å². The van der Waals surface area contributed by atoms with Crippen LogP contribution in [0.5, 0.6) is 0 Å². The zero-order valence-corrected chi connectivity index (χ0v) is 17.4. The molecule has 2 rings (SSSR count). The Balaban J connectivity index is 1.76. The van der Waals surface area contributed by atoms with Crippen LogP contribution in [0.25, 0.3) is 0 Å². The van der Waals surface area contributed by atoms with Crippen molar-refractivity contribution in [2.45, 2.75) is 39.7 Å². The van der Waals surface area contributed by atoms with Gasteiger partial charge in [0.15, 0.2) is 5.96 Å². The third kappa shape index (κ3) is 7.46. The molecule has 0 radical (unpaired) electrons. The molecule has 5 nitrogen and oxygen atoms in total. The molecule has 1 fully saturated rings. The van der Waals surface area contributed by atoms with Crippen molar-refractivity contribution in [3.8, 4) is 0 Å². The predicted molar refractivity (Wildman–Crippen MR) is 112 cm³/mol. The van der Waals surface area contributed by atoms with Crippen molar-refractivity contribution in [3.05, 3.63) is 35.1 Å². The summed E-state index contributed by atoms with van der Waals surface area (Å²) in [5.41, 5.74) is 1.60. The number of halogens is 1. The number of aryl methyl sites for hydroxylation is 1. The summed E-state index contributed by atoms with van der Waals surface area (Å²) in [5.74, 6) is 0.637. The van der Waals surface area contributed by atoms with E-state index >= 15 is 0 Å². The number of guanidine groups is 1. The molecule has 1 saturated heterocycles. The normalized spacial score (nSPS) is 17.7. The Morgan fingerprint density at radius 1 is 1.22 bits per heavy atom. The average Bonchev–Trinajstić information content (AvgIpc) is 2.65. The fraction of sp³-hybridized carbons (Fsp3) is 0.667. The van der Waals surface area contributed by atoms with E-state index in [4.69, 9.17) is 0 Å². The van der Waals surface area contributed by atoms with E-state index in [0.29, 0.717) is 5.56 Å². The summed E-state index contributed by atoms with van der Waals surface area (Å²) in [5, 5.41) is 6.67. The molecule has 0 spiro atoms. The number of piperazine rings is 1. The molecule has 0 bridgehead atoms. The summed E-state index contributed by atoms with van der Waals surface area (Å²) in [6, 6.07) is 5.40. The highest BCUT2D eigenvalue weighted by Gasteiger charge is 2.13. The maximum Gasteiger partial charge on any atom is 0.191 e. The molecule has 152 valence electrons. The van der Waals surface area contributed by atoms with Crippen LogP contribution in [0.4, 0.5) is 4.39 Å². The second-order valence-corrected chi connectivity index (χ2v) is 7.49. The quantitative estimate of drug-likeness (QED) is 0.415. The molecule has 1 aliphatic heterocycles. The minimum Gasteiger partial charge on any atom is -0.357 e. The van der Waals surface area contributed by atoms with Crippen LogP contribution in [0.15, 0.2) is 23.2 Å². The zero-order valence-electron chi connectivity index (χ0n) is 17.4. The first-order valence-corrected chi connectivity index (χ1v) is 10.2. The van der Waals surface area contributed by atoms with Gasteiger partial charge in [-0.05, 0) is 64.4 Å². The monoisotopic (exact) mass is 377 g/mol. The standard InChI is InChI=1S/C21H36FN5/c1-5-23-21(25-18(3)19-9-8-17(2)20(22)16-19)24-10-6-7-11-27-14-12-26(4)13-15-27/h8-9,16,18H,5-7,10-15H2,1-4H3,(H2,23,24,25). The summed E-state index contributed by atoms with van der Waals surface area (Å²) in [4.78, 5) is 9.62. The molecule has 0 amide bonds. The van der Waals surface area contributed by atoms with E-state index in [2.05, 4.69) is 39.4 Å². The third-order valence-corrected chi connectivity index (χ3v) is 5.14. The minimum atomic E-state index is -0.160. The number of nitrogens with one attached hydrogen (secondary N) is 2. The van der Waals surface area contributed by atoms with E-state index in [9.17, 15) is 4.39 Å². The highest BCUT2D eigenvalue weighted by molar-refractivity contribution is 5.80. The SMILES string of the molecule is CCNC(=NCCCCN1CCN(C)CC1)NC(C)c1ccc(C)c(F)c1. The van der Waals surface area contributed by atoms with E-state index in [1.54, 1.807) is 13.0 Å². The van der Waals surface area contributed by atoms with Crippen molar-refractivity contribution >= 4 is 5.96 Å². The molecule has 1 aliphatic rings. The third-order valence-electron chi connectivity index (χ3n) is 5.14. The summed E-state index contributed by atoms with van der Waals surface area (Å²) >= 11 is 0. The molecular formula is C21H36FN5. The topological polar surface area (TPSA) is 42.9 Å². The summed E-state index contributed by atoms with van der Waals surface area (Å²) in [6.07, 6.45) is 2.25. The Bertz CT molecular complexity index is 596. The highest BCUT2D eigenvalue weighted by atomic mass is 19.1. The fourth-order valence-electron chi connectivity index (χ4n) is 3.20. The van der Waals surface area contributed by atoms with E-state index in [-0.39, 0.29) is 11.9 Å². The lowest BCUT2D eigenvalue weighted by Crippen LogP contribution is -2.44. The van der Waals surface area contributed by atoms with Crippen molar-refractivity contribution in [3.63, 3.8) is 0 Å².